The molecule has 0 aromatic heterocycles. The van der Waals surface area contributed by atoms with E-state index in [4.69, 9.17) is 5.73 Å². The highest BCUT2D eigenvalue weighted by atomic mass is 15.2. The van der Waals surface area contributed by atoms with Crippen molar-refractivity contribution in [2.24, 2.45) is 5.73 Å². The van der Waals surface area contributed by atoms with Gasteiger partial charge < -0.3 is 5.73 Å². The molecule has 112 valence electrons. The molecule has 2 heteroatoms. The van der Waals surface area contributed by atoms with Crippen molar-refractivity contribution in [2.75, 3.05) is 13.1 Å². The lowest BCUT2D eigenvalue weighted by atomic mass is 9.86. The lowest BCUT2D eigenvalue weighted by Crippen LogP contribution is -2.43. The van der Waals surface area contributed by atoms with Gasteiger partial charge in [-0.1, -0.05) is 45.0 Å². The molecule has 1 atom stereocenters. The number of likely N-dealkylation sites (tertiary alicyclic amines) is 1. The number of hydrogen-bond donors (Lipinski definition) is 1. The normalized spacial score (nSPS) is 21.1. The third kappa shape index (κ3) is 3.07. The first-order chi connectivity index (χ1) is 9.25. The van der Waals surface area contributed by atoms with Crippen molar-refractivity contribution in [1.29, 1.82) is 0 Å². The molecule has 0 aliphatic carbocycles. The molecule has 0 saturated carbocycles. The Balaban J connectivity index is 2.24. The van der Waals surface area contributed by atoms with Crippen LogP contribution in [0, 0.1) is 0 Å². The van der Waals surface area contributed by atoms with Crippen LogP contribution < -0.4 is 5.73 Å². The molecule has 1 fully saturated rings. The zero-order chi connectivity index (χ0) is 15.0. The fourth-order valence-electron chi connectivity index (χ4n) is 3.35. The van der Waals surface area contributed by atoms with Crippen molar-refractivity contribution in [3.05, 3.63) is 35.4 Å². The molecule has 20 heavy (non-hydrogen) atoms. The molecule has 0 bridgehead atoms. The summed E-state index contributed by atoms with van der Waals surface area (Å²) in [5, 5.41) is 0. The van der Waals surface area contributed by atoms with Crippen LogP contribution >= 0.6 is 0 Å². The molecule has 2 N–H and O–H groups in total. The van der Waals surface area contributed by atoms with Gasteiger partial charge in [0.1, 0.15) is 0 Å². The molecular formula is C18H30N2. The van der Waals surface area contributed by atoms with Gasteiger partial charge in [-0.25, -0.2) is 0 Å². The van der Waals surface area contributed by atoms with Gasteiger partial charge >= 0.3 is 0 Å². The van der Waals surface area contributed by atoms with Crippen molar-refractivity contribution in [3.63, 3.8) is 0 Å². The van der Waals surface area contributed by atoms with Crippen LogP contribution in [0.2, 0.25) is 0 Å². The Bertz CT molecular complexity index is 439. The van der Waals surface area contributed by atoms with E-state index in [0.29, 0.717) is 12.6 Å². The lowest BCUT2D eigenvalue weighted by Gasteiger charge is -2.38. The number of nitrogens with two attached hydrogens (primary N) is 1. The molecule has 1 aliphatic rings. The molecule has 0 amide bonds. The van der Waals surface area contributed by atoms with Gasteiger partial charge in [0, 0.05) is 18.1 Å². The van der Waals surface area contributed by atoms with Crippen LogP contribution in [0.15, 0.2) is 24.3 Å². The van der Waals surface area contributed by atoms with Crippen molar-refractivity contribution in [2.45, 2.75) is 64.5 Å². The minimum absolute atomic E-state index is 0.212. The number of hydrogen-bond acceptors (Lipinski definition) is 2. The average molecular weight is 274 g/mol. The minimum atomic E-state index is 0.212. The van der Waals surface area contributed by atoms with E-state index in [-0.39, 0.29) is 11.0 Å². The zero-order valence-corrected chi connectivity index (χ0v) is 13.7. The summed E-state index contributed by atoms with van der Waals surface area (Å²) in [4.78, 5) is 2.58. The molecule has 1 unspecified atom stereocenters. The van der Waals surface area contributed by atoms with E-state index in [1.54, 1.807) is 0 Å². The van der Waals surface area contributed by atoms with E-state index >= 15 is 0 Å². The van der Waals surface area contributed by atoms with Gasteiger partial charge in [0.05, 0.1) is 0 Å². The van der Waals surface area contributed by atoms with Crippen LogP contribution in [0.5, 0.6) is 0 Å². The Labute approximate surface area is 124 Å². The third-order valence-electron chi connectivity index (χ3n) is 4.73. The van der Waals surface area contributed by atoms with Crippen molar-refractivity contribution >= 4 is 0 Å². The van der Waals surface area contributed by atoms with Crippen LogP contribution in [0.1, 0.15) is 64.6 Å². The topological polar surface area (TPSA) is 29.3 Å². The Morgan fingerprint density at radius 1 is 1.20 bits per heavy atom. The SMILES string of the molecule is CC(C)(C)c1ccc(C(CN)N2CCCC2(C)C)cc1. The van der Waals surface area contributed by atoms with E-state index < -0.39 is 0 Å². The Morgan fingerprint density at radius 3 is 2.20 bits per heavy atom. The van der Waals surface area contributed by atoms with Crippen molar-refractivity contribution < 1.29 is 0 Å². The summed E-state index contributed by atoms with van der Waals surface area (Å²) >= 11 is 0. The highest BCUT2D eigenvalue weighted by molar-refractivity contribution is 5.30. The summed E-state index contributed by atoms with van der Waals surface area (Å²) in [5.41, 5.74) is 9.31. The van der Waals surface area contributed by atoms with Gasteiger partial charge in [-0.3, -0.25) is 4.90 Å². The van der Waals surface area contributed by atoms with Gasteiger partial charge in [-0.2, -0.15) is 0 Å². The standard InChI is InChI=1S/C18H30N2/c1-17(2,3)15-9-7-14(8-10-15)16(13-19)20-12-6-11-18(20,4)5/h7-10,16H,6,11-13,19H2,1-5H3. The predicted molar refractivity (Wildman–Crippen MR) is 87.0 cm³/mol. The number of benzene rings is 1. The van der Waals surface area contributed by atoms with Crippen LogP contribution in [0.4, 0.5) is 0 Å². The zero-order valence-electron chi connectivity index (χ0n) is 13.7. The molecule has 1 heterocycles. The summed E-state index contributed by atoms with van der Waals surface area (Å²) in [5.74, 6) is 0. The van der Waals surface area contributed by atoms with E-state index in [0.717, 1.165) is 6.54 Å². The highest BCUT2D eigenvalue weighted by Crippen LogP contribution is 2.36. The maximum atomic E-state index is 6.09. The Morgan fingerprint density at radius 2 is 1.80 bits per heavy atom. The van der Waals surface area contributed by atoms with Gasteiger partial charge in [0.25, 0.3) is 0 Å². The summed E-state index contributed by atoms with van der Waals surface area (Å²) < 4.78 is 0. The second kappa shape index (κ2) is 5.50. The smallest absolute Gasteiger partial charge is 0.0475 e. The molecule has 1 aromatic rings. The molecule has 1 aliphatic heterocycles. The van der Waals surface area contributed by atoms with E-state index in [9.17, 15) is 0 Å². The summed E-state index contributed by atoms with van der Waals surface area (Å²) in [6, 6.07) is 9.42. The number of nitrogens with zero attached hydrogens (tertiary/aromatic N) is 1. The van der Waals surface area contributed by atoms with Crippen LogP contribution in [-0.2, 0) is 5.41 Å². The number of rotatable bonds is 3. The van der Waals surface area contributed by atoms with Gasteiger partial charge in [-0.05, 0) is 49.8 Å². The maximum absolute atomic E-state index is 6.09. The maximum Gasteiger partial charge on any atom is 0.0475 e. The van der Waals surface area contributed by atoms with Crippen LogP contribution in [0.3, 0.4) is 0 Å². The second-order valence-electron chi connectivity index (χ2n) is 7.73. The first-order valence-corrected chi connectivity index (χ1v) is 7.83. The summed E-state index contributed by atoms with van der Waals surface area (Å²) in [6.07, 6.45) is 2.55. The first kappa shape index (κ1) is 15.5. The summed E-state index contributed by atoms with van der Waals surface area (Å²) in [6.45, 7) is 13.3. The monoisotopic (exact) mass is 274 g/mol. The average Bonchev–Trinajstić information content (AvgIpc) is 2.70. The van der Waals surface area contributed by atoms with Gasteiger partial charge in [0.2, 0.25) is 0 Å². The van der Waals surface area contributed by atoms with Gasteiger partial charge in [0.15, 0.2) is 0 Å². The molecule has 2 rings (SSSR count). The van der Waals surface area contributed by atoms with Crippen LogP contribution in [0.25, 0.3) is 0 Å². The van der Waals surface area contributed by atoms with E-state index in [2.05, 4.69) is 63.8 Å². The predicted octanol–water partition coefficient (Wildman–Crippen LogP) is 3.86. The highest BCUT2D eigenvalue weighted by Gasteiger charge is 2.36. The van der Waals surface area contributed by atoms with Crippen LogP contribution in [-0.4, -0.2) is 23.5 Å². The first-order valence-electron chi connectivity index (χ1n) is 7.83. The molecule has 1 aromatic carbocycles. The van der Waals surface area contributed by atoms with E-state index in [1.165, 1.54) is 24.0 Å². The third-order valence-corrected chi connectivity index (χ3v) is 4.73. The van der Waals surface area contributed by atoms with E-state index in [1.807, 2.05) is 0 Å². The summed E-state index contributed by atoms with van der Waals surface area (Å²) in [7, 11) is 0. The minimum Gasteiger partial charge on any atom is -0.329 e. The quantitative estimate of drug-likeness (QED) is 0.907. The largest absolute Gasteiger partial charge is 0.329 e. The molecule has 2 nitrogen and oxygen atoms in total. The Hall–Kier alpha value is -0.860. The second-order valence-corrected chi connectivity index (χ2v) is 7.73. The fraction of sp³-hybridized carbons (Fsp3) is 0.667. The fourth-order valence-corrected chi connectivity index (χ4v) is 3.35. The lowest BCUT2D eigenvalue weighted by molar-refractivity contribution is 0.119. The molecule has 0 spiro atoms. The molecular weight excluding hydrogens is 244 g/mol. The molecule has 0 radical (unpaired) electrons. The van der Waals surface area contributed by atoms with Gasteiger partial charge in [-0.15, -0.1) is 0 Å². The van der Waals surface area contributed by atoms with Crippen molar-refractivity contribution in [3.8, 4) is 0 Å². The van der Waals surface area contributed by atoms with Crippen molar-refractivity contribution in [1.82, 2.24) is 4.90 Å². The molecule has 1 saturated heterocycles. The Kier molecular flexibility index (Phi) is 4.27.